The summed E-state index contributed by atoms with van der Waals surface area (Å²) in [4.78, 5) is 14.9. The number of para-hydroxylation sites is 1. The number of nitrogens with zero attached hydrogens (tertiary/aromatic N) is 1. The van der Waals surface area contributed by atoms with E-state index in [1.54, 1.807) is 0 Å². The van der Waals surface area contributed by atoms with Crippen LogP contribution in [0.15, 0.2) is 24.3 Å². The van der Waals surface area contributed by atoms with Gasteiger partial charge in [-0.05, 0) is 64.0 Å². The first-order valence-electron chi connectivity index (χ1n) is 8.96. The fourth-order valence-electron chi connectivity index (χ4n) is 4.63. The molecule has 0 radical (unpaired) electrons. The molecule has 1 aliphatic heterocycles. The van der Waals surface area contributed by atoms with E-state index in [9.17, 15) is 9.90 Å². The largest absolute Gasteiger partial charge is 0.467 e. The lowest BCUT2D eigenvalue weighted by Crippen LogP contribution is -2.57. The number of carbonyl (C=O) groups excluding carboxylic acids is 1. The predicted molar refractivity (Wildman–Crippen MR) is 95.1 cm³/mol. The highest BCUT2D eigenvalue weighted by molar-refractivity contribution is 5.88. The van der Waals surface area contributed by atoms with Gasteiger partial charge in [0.1, 0.15) is 5.54 Å². The number of esters is 1. The molecule has 1 saturated carbocycles. The first kappa shape index (κ1) is 17.3. The third kappa shape index (κ3) is 2.81. The Labute approximate surface area is 144 Å². The van der Waals surface area contributed by atoms with Crippen LogP contribution in [0.1, 0.15) is 52.0 Å². The maximum absolute atomic E-state index is 12.6. The molecule has 2 atom stereocenters. The predicted octanol–water partition coefficient (Wildman–Crippen LogP) is 3.31. The van der Waals surface area contributed by atoms with Gasteiger partial charge in [0.25, 0.3) is 0 Å². The second-order valence-electron chi connectivity index (χ2n) is 8.02. The second-order valence-corrected chi connectivity index (χ2v) is 8.02. The number of aliphatic hydroxyl groups is 1. The Balaban J connectivity index is 1.91. The lowest BCUT2D eigenvalue weighted by atomic mass is 9.76. The van der Waals surface area contributed by atoms with Crippen molar-refractivity contribution in [1.82, 2.24) is 0 Å². The molecular weight excluding hydrogens is 302 g/mol. The summed E-state index contributed by atoms with van der Waals surface area (Å²) in [6.07, 6.45) is 4.32. The quantitative estimate of drug-likeness (QED) is 0.863. The number of carbonyl (C=O) groups is 1. The van der Waals surface area contributed by atoms with Crippen molar-refractivity contribution >= 4 is 11.7 Å². The van der Waals surface area contributed by atoms with Gasteiger partial charge in [-0.2, -0.15) is 0 Å². The Morgan fingerprint density at radius 2 is 1.92 bits per heavy atom. The molecule has 0 amide bonds. The second kappa shape index (κ2) is 6.07. The van der Waals surface area contributed by atoms with E-state index in [4.69, 9.17) is 4.74 Å². The lowest BCUT2D eigenvalue weighted by Gasteiger charge is -2.45. The van der Waals surface area contributed by atoms with Crippen LogP contribution in [-0.2, 0) is 16.0 Å². The molecule has 1 unspecified atom stereocenters. The van der Waals surface area contributed by atoms with E-state index >= 15 is 0 Å². The summed E-state index contributed by atoms with van der Waals surface area (Å²) in [5.74, 6) is 0.300. The molecule has 1 aromatic carbocycles. The van der Waals surface area contributed by atoms with Gasteiger partial charge in [0.2, 0.25) is 0 Å². The minimum atomic E-state index is -0.655. The first-order chi connectivity index (χ1) is 11.3. The van der Waals surface area contributed by atoms with E-state index in [1.165, 1.54) is 12.7 Å². The van der Waals surface area contributed by atoms with Crippen molar-refractivity contribution in [1.29, 1.82) is 0 Å². The molecule has 0 saturated heterocycles. The summed E-state index contributed by atoms with van der Waals surface area (Å²) in [5.41, 5.74) is 1.16. The number of methoxy groups -OCH3 is 1. The van der Waals surface area contributed by atoms with E-state index < -0.39 is 11.1 Å². The van der Waals surface area contributed by atoms with Gasteiger partial charge in [-0.15, -0.1) is 0 Å². The lowest BCUT2D eigenvalue weighted by molar-refractivity contribution is -0.146. The monoisotopic (exact) mass is 331 g/mol. The summed E-state index contributed by atoms with van der Waals surface area (Å²) in [7, 11) is 1.47. The Morgan fingerprint density at radius 3 is 2.54 bits per heavy atom. The number of ether oxygens (including phenoxy) is 1. The van der Waals surface area contributed by atoms with E-state index in [2.05, 4.69) is 24.0 Å². The number of hydrogen-bond donors (Lipinski definition) is 1. The number of rotatable bonds is 3. The molecule has 1 fully saturated rings. The van der Waals surface area contributed by atoms with Crippen LogP contribution in [0.5, 0.6) is 0 Å². The minimum Gasteiger partial charge on any atom is -0.467 e. The van der Waals surface area contributed by atoms with Gasteiger partial charge in [0.15, 0.2) is 0 Å². The molecule has 1 aliphatic carbocycles. The van der Waals surface area contributed by atoms with Crippen molar-refractivity contribution < 1.29 is 14.6 Å². The Kier molecular flexibility index (Phi) is 4.37. The van der Waals surface area contributed by atoms with Gasteiger partial charge in [0, 0.05) is 18.2 Å². The summed E-state index contributed by atoms with van der Waals surface area (Å²) >= 11 is 0. The fraction of sp³-hybridized carbons (Fsp3) is 0.650. The molecule has 3 rings (SSSR count). The van der Waals surface area contributed by atoms with Crippen molar-refractivity contribution in [3.63, 3.8) is 0 Å². The maximum atomic E-state index is 12.6. The molecule has 0 spiro atoms. The van der Waals surface area contributed by atoms with Crippen LogP contribution in [0, 0.1) is 5.92 Å². The van der Waals surface area contributed by atoms with E-state index in [-0.39, 0.29) is 12.0 Å². The number of fused-ring (bicyclic) bond motifs is 1. The van der Waals surface area contributed by atoms with Crippen LogP contribution in [0.25, 0.3) is 0 Å². The van der Waals surface area contributed by atoms with E-state index in [0.717, 1.165) is 31.4 Å². The Bertz CT molecular complexity index is 617. The van der Waals surface area contributed by atoms with Gasteiger partial charge in [-0.25, -0.2) is 4.79 Å². The molecule has 2 aliphatic rings. The highest BCUT2D eigenvalue weighted by Crippen LogP contribution is 2.44. The number of benzene rings is 1. The third-order valence-corrected chi connectivity index (χ3v) is 6.14. The minimum absolute atomic E-state index is 0.173. The molecule has 0 aromatic heterocycles. The van der Waals surface area contributed by atoms with Gasteiger partial charge in [-0.1, -0.05) is 18.2 Å². The van der Waals surface area contributed by atoms with Crippen LogP contribution in [0.4, 0.5) is 5.69 Å². The topological polar surface area (TPSA) is 49.8 Å². The van der Waals surface area contributed by atoms with Crippen LogP contribution in [-0.4, -0.2) is 35.4 Å². The molecule has 1 heterocycles. The molecule has 132 valence electrons. The highest BCUT2D eigenvalue weighted by Gasteiger charge is 2.50. The molecular formula is C20H29NO3. The molecule has 4 nitrogen and oxygen atoms in total. The molecule has 4 heteroatoms. The summed E-state index contributed by atoms with van der Waals surface area (Å²) in [6.45, 7) is 6.14. The van der Waals surface area contributed by atoms with Crippen molar-refractivity contribution in [2.45, 2.75) is 70.1 Å². The molecule has 1 aromatic rings. The van der Waals surface area contributed by atoms with Gasteiger partial charge in [0.05, 0.1) is 12.7 Å². The third-order valence-electron chi connectivity index (χ3n) is 6.14. The van der Waals surface area contributed by atoms with Crippen molar-refractivity contribution in [3.05, 3.63) is 29.8 Å². The zero-order chi connectivity index (χ0) is 17.5. The van der Waals surface area contributed by atoms with Crippen LogP contribution in [0.3, 0.4) is 0 Å². The zero-order valence-electron chi connectivity index (χ0n) is 15.2. The number of hydrogen-bond acceptors (Lipinski definition) is 4. The summed E-state index contributed by atoms with van der Waals surface area (Å²) < 4.78 is 5.15. The fourth-order valence-corrected chi connectivity index (χ4v) is 4.63. The maximum Gasteiger partial charge on any atom is 0.331 e. The van der Waals surface area contributed by atoms with Crippen LogP contribution >= 0.6 is 0 Å². The summed E-state index contributed by atoms with van der Waals surface area (Å²) in [5, 5.41) is 10.2. The summed E-state index contributed by atoms with van der Waals surface area (Å²) in [6, 6.07) is 8.51. The SMILES string of the molecule is COC(=O)[C@@]1(C)Cc2ccccc2N1C(C)C1CCC(C)(O)CC1. The average Bonchev–Trinajstić information content (AvgIpc) is 2.86. The van der Waals surface area contributed by atoms with Crippen LogP contribution < -0.4 is 4.90 Å². The van der Waals surface area contributed by atoms with Gasteiger partial charge < -0.3 is 14.7 Å². The molecule has 0 bridgehead atoms. The highest BCUT2D eigenvalue weighted by atomic mass is 16.5. The molecule has 24 heavy (non-hydrogen) atoms. The van der Waals surface area contributed by atoms with Crippen LogP contribution in [0.2, 0.25) is 0 Å². The average molecular weight is 331 g/mol. The molecule has 1 N–H and O–H groups in total. The van der Waals surface area contributed by atoms with Crippen molar-refractivity contribution in [2.75, 3.05) is 12.0 Å². The smallest absolute Gasteiger partial charge is 0.331 e. The standard InChI is InChI=1S/C20H29NO3/c1-14(15-9-11-19(2,23)12-10-15)21-17-8-6-5-7-16(17)13-20(21,3)18(22)24-4/h5-8,14-15,23H,9-13H2,1-4H3/t14?,15?,19?,20-/m1/s1. The van der Waals surface area contributed by atoms with E-state index in [1.807, 2.05) is 26.0 Å². The van der Waals surface area contributed by atoms with Gasteiger partial charge >= 0.3 is 5.97 Å². The number of anilines is 1. The Hall–Kier alpha value is -1.55. The Morgan fingerprint density at radius 1 is 1.29 bits per heavy atom. The zero-order valence-corrected chi connectivity index (χ0v) is 15.2. The first-order valence-corrected chi connectivity index (χ1v) is 8.96. The normalized spacial score (nSPS) is 33.9. The van der Waals surface area contributed by atoms with Crippen molar-refractivity contribution in [3.8, 4) is 0 Å². The van der Waals surface area contributed by atoms with Gasteiger partial charge in [-0.3, -0.25) is 0 Å². The van der Waals surface area contributed by atoms with E-state index in [0.29, 0.717) is 12.3 Å². The van der Waals surface area contributed by atoms with Crippen molar-refractivity contribution in [2.24, 2.45) is 5.92 Å².